The Morgan fingerprint density at radius 1 is 0.525 bits per heavy atom. The van der Waals surface area contributed by atoms with E-state index >= 15 is 0 Å². The van der Waals surface area contributed by atoms with Crippen LogP contribution in [0.2, 0.25) is 0 Å². The summed E-state index contributed by atoms with van der Waals surface area (Å²) in [4.78, 5) is 25.4. The number of esters is 2. The maximum absolute atomic E-state index is 12.7. The van der Waals surface area contributed by atoms with Crippen molar-refractivity contribution in [3.8, 4) is 23.0 Å². The molecule has 6 rings (SSSR count). The molecule has 0 aliphatic heterocycles. The molecule has 0 aromatic heterocycles. The minimum absolute atomic E-state index is 0.0932. The number of hydrogen-bond acceptors (Lipinski definition) is 8. The van der Waals surface area contributed by atoms with Crippen LogP contribution in [0.5, 0.6) is 23.0 Å². The van der Waals surface area contributed by atoms with Gasteiger partial charge in [0, 0.05) is 0 Å². The summed E-state index contributed by atoms with van der Waals surface area (Å²) in [5, 5.41) is 0. The van der Waals surface area contributed by atoms with E-state index in [1.165, 1.54) is 20.0 Å². The Bertz CT molecular complexity index is 1840. The third kappa shape index (κ3) is 13.8. The standard InChI is InChI=1S/C46H50I5O8/c1-3-45(19-7-5-8-20-45)58-41(52)29-56-43-37(47)23-31(24-38(43)48)27-54-35-15-11-33(12-16-35)51-34-13-17-36(18-14-34)55-28-32-25-39(49)44(40(50)26-32)57-30-42(53)59-46(4-2)21-9-6-10-22-46/h11-18,23-26H,3-10,19-22,27-30H2,1-2H3/q+1. The summed E-state index contributed by atoms with van der Waals surface area (Å²) in [6, 6.07) is 24.9. The average molecular weight is 1370 g/mol. The first kappa shape index (κ1) is 47.2. The Morgan fingerprint density at radius 2 is 0.864 bits per heavy atom. The molecule has 2 saturated carbocycles. The van der Waals surface area contributed by atoms with Crippen molar-refractivity contribution in [3.63, 3.8) is 0 Å². The number of hydrogen-bond donors (Lipinski definition) is 0. The highest BCUT2D eigenvalue weighted by molar-refractivity contribution is 14.1. The fraction of sp³-hybridized carbons (Fsp3) is 0.435. The van der Waals surface area contributed by atoms with Crippen molar-refractivity contribution >= 4 is 102 Å². The van der Waals surface area contributed by atoms with Crippen molar-refractivity contribution in [2.45, 2.75) is 115 Å². The van der Waals surface area contributed by atoms with Crippen LogP contribution in [0, 0.1) is 21.4 Å². The molecule has 2 aliphatic carbocycles. The van der Waals surface area contributed by atoms with Crippen LogP contribution in [-0.4, -0.2) is 36.4 Å². The molecule has 13 heteroatoms. The van der Waals surface area contributed by atoms with E-state index < -0.39 is 0 Å². The van der Waals surface area contributed by atoms with Gasteiger partial charge in [-0.2, -0.15) is 0 Å². The van der Waals surface area contributed by atoms with Gasteiger partial charge in [0.2, 0.25) is 0 Å². The quantitative estimate of drug-likeness (QED) is 0.0720. The van der Waals surface area contributed by atoms with Crippen LogP contribution in [0.15, 0.2) is 72.8 Å². The molecule has 0 saturated heterocycles. The SMILES string of the molecule is CCC1(OC(=O)COc2c(I)cc(COc3ccc([I+]c4ccc(OCc5cc(I)c(OCC(=O)OC6(CC)CCCCC6)c(I)c5)cc4)cc3)cc2I)CCCCC1. The van der Waals surface area contributed by atoms with Gasteiger partial charge < -0.3 is 28.4 Å². The summed E-state index contributed by atoms with van der Waals surface area (Å²) in [5.41, 5.74) is 1.40. The lowest BCUT2D eigenvalue weighted by molar-refractivity contribution is -0.597. The maximum Gasteiger partial charge on any atom is 0.357 e. The van der Waals surface area contributed by atoms with Gasteiger partial charge >= 0.3 is 33.1 Å². The summed E-state index contributed by atoms with van der Waals surface area (Å²) in [6.07, 6.45) is 12.3. The zero-order valence-corrected chi connectivity index (χ0v) is 44.2. The van der Waals surface area contributed by atoms with Gasteiger partial charge in [0.15, 0.2) is 20.4 Å². The van der Waals surface area contributed by atoms with E-state index in [0.29, 0.717) is 24.7 Å². The minimum atomic E-state index is -0.377. The van der Waals surface area contributed by atoms with Gasteiger partial charge in [-0.25, -0.2) is 9.59 Å². The smallest absolute Gasteiger partial charge is 0.357 e. The van der Waals surface area contributed by atoms with E-state index in [1.807, 2.05) is 48.5 Å². The molecular formula is C46H50I5O8+. The lowest BCUT2D eigenvalue weighted by Gasteiger charge is -2.35. The van der Waals surface area contributed by atoms with Gasteiger partial charge in [0.25, 0.3) is 0 Å². The molecule has 0 heterocycles. The molecule has 0 bridgehead atoms. The van der Waals surface area contributed by atoms with Crippen LogP contribution in [0.25, 0.3) is 0 Å². The van der Waals surface area contributed by atoms with Crippen molar-refractivity contribution in [1.82, 2.24) is 0 Å². The molecule has 0 N–H and O–H groups in total. The zero-order valence-electron chi connectivity index (χ0n) is 33.4. The molecule has 0 radical (unpaired) electrons. The van der Waals surface area contributed by atoms with E-state index in [2.05, 4.69) is 128 Å². The van der Waals surface area contributed by atoms with Crippen molar-refractivity contribution < 1.29 is 59.2 Å². The molecule has 0 atom stereocenters. The van der Waals surface area contributed by atoms with Gasteiger partial charge in [-0.05, 0) is 238 Å². The second-order valence-electron chi connectivity index (χ2n) is 15.1. The number of benzene rings is 4. The van der Waals surface area contributed by atoms with E-state index in [1.54, 1.807) is 0 Å². The normalized spacial score (nSPS) is 15.8. The summed E-state index contributed by atoms with van der Waals surface area (Å²) < 4.78 is 42.4. The van der Waals surface area contributed by atoms with Crippen LogP contribution < -0.4 is 40.2 Å². The molecule has 4 aromatic rings. The van der Waals surface area contributed by atoms with Crippen molar-refractivity contribution in [2.75, 3.05) is 13.2 Å². The lowest BCUT2D eigenvalue weighted by Crippen LogP contribution is -3.61. The molecule has 0 amide bonds. The summed E-state index contributed by atoms with van der Waals surface area (Å²) in [7, 11) is 0. The Balaban J connectivity index is 0.930. The largest absolute Gasteiger partial charge is 0.489 e. The van der Waals surface area contributed by atoms with Gasteiger partial charge in [-0.3, -0.25) is 0 Å². The first-order valence-electron chi connectivity index (χ1n) is 20.2. The highest BCUT2D eigenvalue weighted by Gasteiger charge is 2.35. The third-order valence-electron chi connectivity index (χ3n) is 10.9. The molecule has 316 valence electrons. The number of halogens is 5. The molecule has 2 fully saturated rings. The van der Waals surface area contributed by atoms with Gasteiger partial charge in [-0.1, -0.05) is 26.7 Å². The third-order valence-corrected chi connectivity index (χ3v) is 16.8. The predicted molar refractivity (Wildman–Crippen MR) is 258 cm³/mol. The monoisotopic (exact) mass is 1360 g/mol. The molecular weight excluding hydrogens is 1320 g/mol. The van der Waals surface area contributed by atoms with E-state index in [0.717, 1.165) is 101 Å². The topological polar surface area (TPSA) is 89.5 Å². The summed E-state index contributed by atoms with van der Waals surface area (Å²) >= 11 is 8.66. The average Bonchev–Trinajstić information content (AvgIpc) is 3.23. The molecule has 0 spiro atoms. The molecule has 2 aliphatic rings. The Morgan fingerprint density at radius 3 is 1.19 bits per heavy atom. The van der Waals surface area contributed by atoms with Crippen LogP contribution in [-0.2, 0) is 32.3 Å². The van der Waals surface area contributed by atoms with E-state index in [-0.39, 0.29) is 57.6 Å². The first-order valence-corrected chi connectivity index (χ1v) is 26.7. The summed E-state index contributed by atoms with van der Waals surface area (Å²) in [6.45, 7) is 4.87. The summed E-state index contributed by atoms with van der Waals surface area (Å²) in [5.74, 6) is 2.43. The van der Waals surface area contributed by atoms with Crippen molar-refractivity contribution in [2.24, 2.45) is 0 Å². The number of ether oxygens (including phenoxy) is 6. The van der Waals surface area contributed by atoms with Crippen LogP contribution in [0.3, 0.4) is 0 Å². The van der Waals surface area contributed by atoms with Crippen LogP contribution >= 0.6 is 90.4 Å². The fourth-order valence-electron chi connectivity index (χ4n) is 7.57. The van der Waals surface area contributed by atoms with Gasteiger partial charge in [0.1, 0.15) is 47.4 Å². The lowest BCUT2D eigenvalue weighted by atomic mass is 9.83. The van der Waals surface area contributed by atoms with Gasteiger partial charge in [0.05, 0.1) is 14.3 Å². The molecule has 4 aromatic carbocycles. The van der Waals surface area contributed by atoms with Gasteiger partial charge in [-0.15, -0.1) is 0 Å². The second-order valence-corrected chi connectivity index (χ2v) is 22.8. The Kier molecular flexibility index (Phi) is 18.3. The fourth-order valence-corrected chi connectivity index (χ4v) is 14.1. The highest BCUT2D eigenvalue weighted by Crippen LogP contribution is 2.37. The minimum Gasteiger partial charge on any atom is -0.489 e. The van der Waals surface area contributed by atoms with Crippen LogP contribution in [0.1, 0.15) is 102 Å². The van der Waals surface area contributed by atoms with E-state index in [4.69, 9.17) is 28.4 Å². The zero-order chi connectivity index (χ0) is 41.8. The predicted octanol–water partition coefficient (Wildman–Crippen LogP) is 9.46. The molecule has 8 nitrogen and oxygen atoms in total. The second kappa shape index (κ2) is 22.9. The maximum atomic E-state index is 12.7. The van der Waals surface area contributed by atoms with Crippen molar-refractivity contribution in [3.05, 3.63) is 105 Å². The van der Waals surface area contributed by atoms with E-state index in [9.17, 15) is 9.59 Å². The number of carbonyl (C=O) groups is 2. The molecule has 59 heavy (non-hydrogen) atoms. The van der Waals surface area contributed by atoms with Crippen molar-refractivity contribution in [1.29, 1.82) is 0 Å². The Labute approximate surface area is 413 Å². The first-order chi connectivity index (χ1) is 28.5. The van der Waals surface area contributed by atoms with Crippen LogP contribution in [0.4, 0.5) is 0 Å². The number of rotatable bonds is 18. The number of carbonyl (C=O) groups excluding carboxylic acids is 2. The Hall–Kier alpha value is -1.33. The highest BCUT2D eigenvalue weighted by atomic mass is 127. The molecule has 0 unspecified atom stereocenters.